The Morgan fingerprint density at radius 2 is 1.69 bits per heavy atom. The molecule has 0 saturated heterocycles. The topological polar surface area (TPSA) is 97.7 Å². The van der Waals surface area contributed by atoms with Crippen molar-refractivity contribution in [3.8, 4) is 11.4 Å². The molecule has 1 aliphatic carbocycles. The zero-order chi connectivity index (χ0) is 35.3. The maximum atomic E-state index is 13.9. The summed E-state index contributed by atoms with van der Waals surface area (Å²) in [6, 6.07) is 22.7. The Hall–Kier alpha value is -4.84. The molecule has 0 bridgehead atoms. The molecule has 9 nitrogen and oxygen atoms in total. The minimum absolute atomic E-state index is 0.0510. The van der Waals surface area contributed by atoms with E-state index >= 15 is 0 Å². The van der Waals surface area contributed by atoms with Crippen molar-refractivity contribution in [1.82, 2.24) is 20.0 Å². The first-order chi connectivity index (χ1) is 23.2. The van der Waals surface area contributed by atoms with Crippen molar-refractivity contribution < 1.29 is 32.2 Å². The first kappa shape index (κ1) is 35.5. The van der Waals surface area contributed by atoms with Gasteiger partial charge < -0.3 is 20.1 Å². The molecule has 49 heavy (non-hydrogen) atoms. The van der Waals surface area contributed by atoms with Gasteiger partial charge in [-0.25, -0.2) is 9.48 Å². The summed E-state index contributed by atoms with van der Waals surface area (Å²) in [5, 5.41) is 9.18. The van der Waals surface area contributed by atoms with Crippen molar-refractivity contribution in [3.63, 3.8) is 0 Å². The summed E-state index contributed by atoms with van der Waals surface area (Å²) in [6.45, 7) is 7.94. The second-order valence-electron chi connectivity index (χ2n) is 13.1. The molecule has 0 aliphatic heterocycles. The Morgan fingerprint density at radius 1 is 0.980 bits per heavy atom. The van der Waals surface area contributed by atoms with Gasteiger partial charge in [0.15, 0.2) is 5.69 Å². The third-order valence-corrected chi connectivity index (χ3v) is 7.88. The number of carbonyl (C=O) groups excluding carboxylic acids is 2. The fourth-order valence-electron chi connectivity index (χ4n) is 5.47. The van der Waals surface area contributed by atoms with Crippen molar-refractivity contribution in [2.75, 3.05) is 19.0 Å². The predicted octanol–water partition coefficient (Wildman–Crippen LogP) is 8.14. The Balaban J connectivity index is 1.40. The van der Waals surface area contributed by atoms with E-state index in [4.69, 9.17) is 9.47 Å². The summed E-state index contributed by atoms with van der Waals surface area (Å²) < 4.78 is 53.6. The zero-order valence-electron chi connectivity index (χ0n) is 28.3. The van der Waals surface area contributed by atoms with Crippen LogP contribution < -0.4 is 15.4 Å². The Labute approximate surface area is 284 Å². The molecule has 1 atom stereocenters. The van der Waals surface area contributed by atoms with E-state index in [-0.39, 0.29) is 24.0 Å². The number of rotatable bonds is 12. The number of nitrogens with one attached hydrogen (secondary N) is 2. The van der Waals surface area contributed by atoms with Gasteiger partial charge in [-0.05, 0) is 100 Å². The van der Waals surface area contributed by atoms with Crippen LogP contribution in [0.15, 0.2) is 78.9 Å². The lowest BCUT2D eigenvalue weighted by atomic mass is 9.96. The van der Waals surface area contributed by atoms with E-state index in [2.05, 4.69) is 34.6 Å². The van der Waals surface area contributed by atoms with E-state index in [0.717, 1.165) is 46.9 Å². The standard InChI is InChI=1S/C37H42F3N5O4/c1-6-19-48-30-17-13-25(14-18-30)33(44(5)28-15-16-28)26-10-8-11-27(21-26)42-34(46)31-22-32(37(38,39)40)43-45(31)29-12-7-9-24(20-29)23-41-35(47)49-36(2,3)4/h7-14,17-18,20-22,28,33H,6,15-16,19,23H2,1-5H3,(H,41,47)(H,42,46). The van der Waals surface area contributed by atoms with Gasteiger partial charge in [-0.2, -0.15) is 18.3 Å². The van der Waals surface area contributed by atoms with E-state index in [1.54, 1.807) is 51.1 Å². The van der Waals surface area contributed by atoms with Gasteiger partial charge in [0.1, 0.15) is 17.0 Å². The number of ether oxygens (including phenoxy) is 2. The van der Waals surface area contributed by atoms with Gasteiger partial charge in [0.05, 0.1) is 18.3 Å². The fourth-order valence-corrected chi connectivity index (χ4v) is 5.47. The molecule has 1 aromatic heterocycles. The van der Waals surface area contributed by atoms with E-state index in [1.165, 1.54) is 0 Å². The first-order valence-electron chi connectivity index (χ1n) is 16.3. The van der Waals surface area contributed by atoms with Crippen LogP contribution in [0.4, 0.5) is 23.7 Å². The third-order valence-electron chi connectivity index (χ3n) is 7.88. The van der Waals surface area contributed by atoms with Gasteiger partial charge in [-0.3, -0.25) is 9.69 Å². The van der Waals surface area contributed by atoms with Crippen molar-refractivity contribution in [1.29, 1.82) is 0 Å². The molecule has 1 aliphatic rings. The quantitative estimate of drug-likeness (QED) is 0.157. The number of anilines is 1. The Kier molecular flexibility index (Phi) is 10.7. The summed E-state index contributed by atoms with van der Waals surface area (Å²) in [7, 11) is 2.07. The van der Waals surface area contributed by atoms with Gasteiger partial charge in [0.25, 0.3) is 5.91 Å². The van der Waals surface area contributed by atoms with Crippen LogP contribution in [-0.4, -0.2) is 52.0 Å². The third kappa shape index (κ3) is 9.41. The smallest absolute Gasteiger partial charge is 0.435 e. The molecule has 1 unspecified atom stereocenters. The average Bonchev–Trinajstić information content (AvgIpc) is 3.79. The minimum Gasteiger partial charge on any atom is -0.494 e. The zero-order valence-corrected chi connectivity index (χ0v) is 28.3. The number of nitrogens with zero attached hydrogens (tertiary/aromatic N) is 3. The molecule has 1 fully saturated rings. The largest absolute Gasteiger partial charge is 0.494 e. The normalized spacial score (nSPS) is 14.0. The molecule has 3 aromatic carbocycles. The molecular weight excluding hydrogens is 635 g/mol. The SMILES string of the molecule is CCCOc1ccc(C(c2cccc(NC(=O)c3cc(C(F)(F)F)nn3-c3cccc(CNC(=O)OC(C)(C)C)c3)c2)N(C)C2CC2)cc1. The highest BCUT2D eigenvalue weighted by molar-refractivity contribution is 6.03. The van der Waals surface area contributed by atoms with Gasteiger partial charge in [0.2, 0.25) is 0 Å². The van der Waals surface area contributed by atoms with E-state index < -0.39 is 29.5 Å². The van der Waals surface area contributed by atoms with Crippen LogP contribution in [0.2, 0.25) is 0 Å². The molecule has 260 valence electrons. The van der Waals surface area contributed by atoms with Crippen LogP contribution in [0.5, 0.6) is 5.75 Å². The number of aromatic nitrogens is 2. The molecule has 4 aromatic rings. The lowest BCUT2D eigenvalue weighted by molar-refractivity contribution is -0.141. The van der Waals surface area contributed by atoms with Gasteiger partial charge in [-0.15, -0.1) is 0 Å². The maximum absolute atomic E-state index is 13.9. The summed E-state index contributed by atoms with van der Waals surface area (Å²) in [5.74, 6) is 0.0288. The molecular formula is C37H42F3N5O4. The predicted molar refractivity (Wildman–Crippen MR) is 181 cm³/mol. The van der Waals surface area contributed by atoms with Crippen molar-refractivity contribution in [2.45, 2.75) is 77.4 Å². The van der Waals surface area contributed by atoms with Crippen molar-refractivity contribution in [2.24, 2.45) is 0 Å². The molecule has 1 heterocycles. The first-order valence-corrected chi connectivity index (χ1v) is 16.3. The van der Waals surface area contributed by atoms with Crippen LogP contribution >= 0.6 is 0 Å². The lowest BCUT2D eigenvalue weighted by Crippen LogP contribution is -2.32. The lowest BCUT2D eigenvalue weighted by Gasteiger charge is -2.29. The number of alkyl halides is 3. The van der Waals surface area contributed by atoms with Crippen LogP contribution in [0, 0.1) is 0 Å². The number of amides is 2. The van der Waals surface area contributed by atoms with Crippen LogP contribution in [-0.2, 0) is 17.5 Å². The molecule has 2 N–H and O–H groups in total. The average molecular weight is 678 g/mol. The molecule has 0 radical (unpaired) electrons. The van der Waals surface area contributed by atoms with Crippen molar-refractivity contribution >= 4 is 17.7 Å². The summed E-state index contributed by atoms with van der Waals surface area (Å²) in [6.07, 6.45) is -2.34. The number of benzene rings is 3. The summed E-state index contributed by atoms with van der Waals surface area (Å²) >= 11 is 0. The van der Waals surface area contributed by atoms with Crippen LogP contribution in [0.1, 0.15) is 85.9 Å². The van der Waals surface area contributed by atoms with Crippen molar-refractivity contribution in [3.05, 3.63) is 107 Å². The molecule has 5 rings (SSSR count). The fraction of sp³-hybridized carbons (Fsp3) is 0.378. The van der Waals surface area contributed by atoms with Gasteiger partial charge in [-0.1, -0.05) is 43.3 Å². The Bertz CT molecular complexity index is 1760. The summed E-state index contributed by atoms with van der Waals surface area (Å²) in [4.78, 5) is 28.1. The number of alkyl carbamates (subject to hydrolysis) is 1. The second-order valence-corrected chi connectivity index (χ2v) is 13.1. The minimum atomic E-state index is -4.78. The Morgan fingerprint density at radius 3 is 2.35 bits per heavy atom. The van der Waals surface area contributed by atoms with E-state index in [9.17, 15) is 22.8 Å². The number of hydrogen-bond donors (Lipinski definition) is 2. The number of hydrogen-bond acceptors (Lipinski definition) is 6. The monoisotopic (exact) mass is 677 g/mol. The van der Waals surface area contributed by atoms with Gasteiger partial charge >= 0.3 is 12.3 Å². The number of carbonyl (C=O) groups is 2. The highest BCUT2D eigenvalue weighted by atomic mass is 19.4. The van der Waals surface area contributed by atoms with E-state index in [1.807, 2.05) is 42.5 Å². The van der Waals surface area contributed by atoms with Crippen LogP contribution in [0.25, 0.3) is 5.69 Å². The maximum Gasteiger partial charge on any atom is 0.435 e. The van der Waals surface area contributed by atoms with Crippen LogP contribution in [0.3, 0.4) is 0 Å². The molecule has 1 saturated carbocycles. The second kappa shape index (κ2) is 14.7. The highest BCUT2D eigenvalue weighted by Crippen LogP contribution is 2.38. The molecule has 0 spiro atoms. The highest BCUT2D eigenvalue weighted by Gasteiger charge is 2.36. The number of halogens is 3. The van der Waals surface area contributed by atoms with Gasteiger partial charge in [0, 0.05) is 24.3 Å². The van der Waals surface area contributed by atoms with E-state index in [0.29, 0.717) is 23.9 Å². The molecule has 2 amide bonds. The summed E-state index contributed by atoms with van der Waals surface area (Å²) in [5.41, 5.74) is 0.985. The molecule has 12 heteroatoms.